The van der Waals surface area contributed by atoms with Gasteiger partial charge in [-0.15, -0.1) is 11.3 Å². The van der Waals surface area contributed by atoms with Gasteiger partial charge in [-0.1, -0.05) is 0 Å². The third kappa shape index (κ3) is 4.23. The summed E-state index contributed by atoms with van der Waals surface area (Å²) in [7, 11) is 0. The minimum Gasteiger partial charge on any atom is -0.327 e. The van der Waals surface area contributed by atoms with Crippen LogP contribution in [0.3, 0.4) is 0 Å². The molecule has 1 aromatic carbocycles. The molecule has 0 aliphatic carbocycles. The lowest BCUT2D eigenvalue weighted by molar-refractivity contribution is 0.400. The lowest BCUT2D eigenvalue weighted by atomic mass is 10.1. The number of benzene rings is 1. The van der Waals surface area contributed by atoms with Crippen LogP contribution in [0.2, 0.25) is 0 Å². The van der Waals surface area contributed by atoms with Crippen molar-refractivity contribution in [2.24, 2.45) is 5.73 Å². The first-order valence-corrected chi connectivity index (χ1v) is 9.99. The number of H-pyrrole nitrogens is 1. The number of aromatic nitrogens is 4. The third-order valence-corrected chi connectivity index (χ3v) is 5.67. The Balaban J connectivity index is 1.59. The summed E-state index contributed by atoms with van der Waals surface area (Å²) in [5.74, 6) is -0.542. The number of nitrogens with zero attached hydrogens (tertiary/aromatic N) is 3. The summed E-state index contributed by atoms with van der Waals surface area (Å²) in [6, 6.07) is 7.78. The van der Waals surface area contributed by atoms with Gasteiger partial charge in [0.1, 0.15) is 12.1 Å². The fourth-order valence-corrected chi connectivity index (χ4v) is 4.03. The zero-order valence-electron chi connectivity index (χ0n) is 15.9. The Bertz CT molecular complexity index is 1410. The Hall–Kier alpha value is -3.44. The van der Waals surface area contributed by atoms with E-state index in [-0.39, 0.29) is 36.3 Å². The summed E-state index contributed by atoms with van der Waals surface area (Å²) < 4.78 is 42.2. The number of halogens is 3. The molecule has 7 nitrogen and oxygen atoms in total. The molecule has 0 aliphatic rings. The normalized spacial score (nSPS) is 11.2. The number of rotatable bonds is 6. The summed E-state index contributed by atoms with van der Waals surface area (Å²) >= 11 is 1.37. The third-order valence-electron chi connectivity index (χ3n) is 4.75. The van der Waals surface area contributed by atoms with Crippen LogP contribution in [0.4, 0.5) is 13.2 Å². The smallest absolute Gasteiger partial charge is 0.327 e. The molecule has 160 valence electrons. The molecule has 4 aromatic rings. The molecule has 0 bridgehead atoms. The second-order valence-electron chi connectivity index (χ2n) is 6.81. The number of aromatic amines is 1. The molecule has 0 spiro atoms. The maximum absolute atomic E-state index is 14.4. The Labute approximate surface area is 176 Å². The van der Waals surface area contributed by atoms with Crippen molar-refractivity contribution >= 4 is 22.2 Å². The Kier molecular flexibility index (Phi) is 5.61. The predicted molar refractivity (Wildman–Crippen MR) is 112 cm³/mol. The highest BCUT2D eigenvalue weighted by Gasteiger charge is 2.13. The van der Waals surface area contributed by atoms with Crippen LogP contribution >= 0.6 is 11.3 Å². The van der Waals surface area contributed by atoms with E-state index in [0.717, 1.165) is 15.1 Å². The van der Waals surface area contributed by atoms with Gasteiger partial charge < -0.3 is 10.7 Å². The monoisotopic (exact) mass is 447 g/mol. The maximum atomic E-state index is 14.4. The van der Waals surface area contributed by atoms with Gasteiger partial charge in [-0.25, -0.2) is 13.9 Å². The molecule has 0 unspecified atom stereocenters. The van der Waals surface area contributed by atoms with E-state index in [9.17, 15) is 22.8 Å². The zero-order valence-corrected chi connectivity index (χ0v) is 16.8. The van der Waals surface area contributed by atoms with Gasteiger partial charge in [-0.2, -0.15) is 13.9 Å². The van der Waals surface area contributed by atoms with E-state index in [0.29, 0.717) is 10.9 Å². The van der Waals surface area contributed by atoms with Crippen molar-refractivity contribution in [2.45, 2.75) is 13.1 Å². The van der Waals surface area contributed by atoms with Crippen molar-refractivity contribution in [3.05, 3.63) is 85.2 Å². The molecular weight excluding hydrogens is 431 g/mol. The molecule has 0 aliphatic heterocycles. The van der Waals surface area contributed by atoms with E-state index in [1.165, 1.54) is 34.4 Å². The van der Waals surface area contributed by atoms with Crippen LogP contribution in [0.25, 0.3) is 22.0 Å². The molecule has 0 fully saturated rings. The molecule has 0 radical (unpaired) electrons. The van der Waals surface area contributed by atoms with E-state index in [1.54, 1.807) is 12.1 Å². The summed E-state index contributed by atoms with van der Waals surface area (Å²) in [6.07, 6.45) is -0.642. The van der Waals surface area contributed by atoms with Gasteiger partial charge in [0, 0.05) is 28.4 Å². The maximum Gasteiger partial charge on any atom is 0.346 e. The molecule has 31 heavy (non-hydrogen) atoms. The fourth-order valence-electron chi connectivity index (χ4n) is 3.14. The minimum absolute atomic E-state index is 0.140. The molecule has 11 heteroatoms. The van der Waals surface area contributed by atoms with Crippen molar-refractivity contribution in [3.8, 4) is 11.1 Å². The van der Waals surface area contributed by atoms with Crippen LogP contribution in [0.1, 0.15) is 4.88 Å². The van der Waals surface area contributed by atoms with Gasteiger partial charge in [0.2, 0.25) is 5.56 Å². The molecular formula is C20H16F3N5O2S. The number of pyridine rings is 1. The number of nitrogens with two attached hydrogens (primary N) is 1. The van der Waals surface area contributed by atoms with Gasteiger partial charge in [0.25, 0.3) is 6.08 Å². The van der Waals surface area contributed by atoms with Crippen LogP contribution in [0.5, 0.6) is 0 Å². The molecule has 0 saturated carbocycles. The van der Waals surface area contributed by atoms with Gasteiger partial charge in [0.15, 0.2) is 0 Å². The number of hydrogen-bond acceptors (Lipinski definition) is 5. The molecule has 0 saturated heterocycles. The van der Waals surface area contributed by atoms with Crippen molar-refractivity contribution in [2.75, 3.05) is 6.54 Å². The average Bonchev–Trinajstić information content (AvgIpc) is 3.34. The van der Waals surface area contributed by atoms with Crippen molar-refractivity contribution in [1.29, 1.82) is 0 Å². The largest absolute Gasteiger partial charge is 0.346 e. The summed E-state index contributed by atoms with van der Waals surface area (Å²) in [6.45, 7) is -0.558. The van der Waals surface area contributed by atoms with Crippen LogP contribution in [-0.4, -0.2) is 25.9 Å². The quantitative estimate of drug-likeness (QED) is 0.475. The summed E-state index contributed by atoms with van der Waals surface area (Å²) in [5.41, 5.74) is 5.52. The van der Waals surface area contributed by atoms with Gasteiger partial charge in [0.05, 0.1) is 18.6 Å². The standard InChI is InChI=1S/C20H16F3N5O2S/c21-16-5-12(3-11-1-2-17(29)26-18(11)16)13-4-15(31-9-13)8-27-10-25-28(20(27)30)7-14(6-24)19(22)23/h1-5,9-10H,6-8,24H2,(H,26,29). The van der Waals surface area contributed by atoms with E-state index in [4.69, 9.17) is 5.73 Å². The number of thiophene rings is 1. The number of nitrogens with one attached hydrogen (secondary N) is 1. The first-order chi connectivity index (χ1) is 14.9. The molecule has 3 N–H and O–H groups in total. The highest BCUT2D eigenvalue weighted by molar-refractivity contribution is 7.10. The molecule has 3 aromatic heterocycles. The van der Waals surface area contributed by atoms with Gasteiger partial charge in [-0.05, 0) is 40.8 Å². The molecule has 0 amide bonds. The van der Waals surface area contributed by atoms with E-state index >= 15 is 0 Å². The van der Waals surface area contributed by atoms with E-state index in [2.05, 4.69) is 10.1 Å². The van der Waals surface area contributed by atoms with Crippen LogP contribution in [-0.2, 0) is 13.1 Å². The Morgan fingerprint density at radius 1 is 1.16 bits per heavy atom. The molecule has 0 atom stereocenters. The number of hydrogen-bond donors (Lipinski definition) is 2. The highest BCUT2D eigenvalue weighted by atomic mass is 32.1. The highest BCUT2D eigenvalue weighted by Crippen LogP contribution is 2.29. The van der Waals surface area contributed by atoms with Gasteiger partial charge in [-0.3, -0.25) is 9.36 Å². The molecule has 3 heterocycles. The fraction of sp³-hybridized carbons (Fsp3) is 0.150. The summed E-state index contributed by atoms with van der Waals surface area (Å²) in [5, 5.41) is 6.25. The van der Waals surface area contributed by atoms with Crippen LogP contribution in [0, 0.1) is 5.82 Å². The Morgan fingerprint density at radius 2 is 1.97 bits per heavy atom. The van der Waals surface area contributed by atoms with Crippen LogP contribution in [0.15, 0.2) is 63.3 Å². The van der Waals surface area contributed by atoms with E-state index in [1.807, 2.05) is 11.4 Å². The van der Waals surface area contributed by atoms with Crippen LogP contribution < -0.4 is 17.0 Å². The lowest BCUT2D eigenvalue weighted by Crippen LogP contribution is -2.27. The van der Waals surface area contributed by atoms with Crippen molar-refractivity contribution in [3.63, 3.8) is 0 Å². The number of fused-ring (bicyclic) bond motifs is 1. The van der Waals surface area contributed by atoms with Crippen molar-refractivity contribution < 1.29 is 13.2 Å². The van der Waals surface area contributed by atoms with E-state index < -0.39 is 17.6 Å². The second-order valence-corrected chi connectivity index (χ2v) is 7.81. The van der Waals surface area contributed by atoms with Crippen molar-refractivity contribution in [1.82, 2.24) is 19.3 Å². The first-order valence-electron chi connectivity index (χ1n) is 9.11. The predicted octanol–water partition coefficient (Wildman–Crippen LogP) is 2.91. The first kappa shape index (κ1) is 20.8. The molecule has 4 rings (SSSR count). The SMILES string of the molecule is NCC(Cn1ncn(Cc2cc(-c3cc(F)c4[nH]c(=O)ccc4c3)cs2)c1=O)=C(F)F. The average molecular weight is 447 g/mol. The minimum atomic E-state index is -1.92. The summed E-state index contributed by atoms with van der Waals surface area (Å²) in [4.78, 5) is 27.1. The zero-order chi connectivity index (χ0) is 22.1. The lowest BCUT2D eigenvalue weighted by Gasteiger charge is -2.03. The van der Waals surface area contributed by atoms with Gasteiger partial charge >= 0.3 is 5.69 Å². The Morgan fingerprint density at radius 3 is 2.71 bits per heavy atom. The topological polar surface area (TPSA) is 98.7 Å². The second kappa shape index (κ2) is 8.36.